The van der Waals surface area contributed by atoms with E-state index in [1.807, 2.05) is 25.1 Å². The van der Waals surface area contributed by atoms with Crippen LogP contribution in [0.5, 0.6) is 5.75 Å². The zero-order valence-corrected chi connectivity index (χ0v) is 14.8. The van der Waals surface area contributed by atoms with Gasteiger partial charge in [-0.15, -0.1) is 11.3 Å². The molecule has 3 atom stereocenters. The van der Waals surface area contributed by atoms with Crippen LogP contribution in [0.25, 0.3) is 10.1 Å². The van der Waals surface area contributed by atoms with E-state index in [0.717, 1.165) is 20.3 Å². The second-order valence-corrected chi connectivity index (χ2v) is 7.37. The highest BCUT2D eigenvalue weighted by molar-refractivity contribution is 9.10. The number of fused-ring (bicyclic) bond motifs is 1. The number of methoxy groups -OCH3 is 2. The van der Waals surface area contributed by atoms with Crippen molar-refractivity contribution in [3.8, 4) is 5.75 Å². The highest BCUT2D eigenvalue weighted by Crippen LogP contribution is 2.49. The molecule has 22 heavy (non-hydrogen) atoms. The molecule has 0 amide bonds. The summed E-state index contributed by atoms with van der Waals surface area (Å²) >= 11 is 4.88. The Balaban J connectivity index is 1.91. The number of thiophene rings is 1. The number of benzene rings is 1. The molecule has 1 aliphatic rings. The minimum Gasteiger partial charge on any atom is -0.496 e. The third kappa shape index (κ3) is 2.44. The van der Waals surface area contributed by atoms with E-state index in [2.05, 4.69) is 15.9 Å². The Labute approximate surface area is 140 Å². The fourth-order valence-electron chi connectivity index (χ4n) is 2.84. The van der Waals surface area contributed by atoms with Crippen molar-refractivity contribution < 1.29 is 19.1 Å². The largest absolute Gasteiger partial charge is 0.496 e. The highest BCUT2D eigenvalue weighted by Gasteiger charge is 2.57. The predicted molar refractivity (Wildman–Crippen MR) is 88.6 cm³/mol. The number of carbonyl (C=O) groups excluding carboxylic acids is 2. The van der Waals surface area contributed by atoms with E-state index in [1.54, 1.807) is 7.11 Å². The fourth-order valence-corrected chi connectivity index (χ4v) is 4.43. The molecule has 116 valence electrons. The molecule has 1 saturated carbocycles. The molecular formula is C16H15BrO4S. The van der Waals surface area contributed by atoms with Gasteiger partial charge >= 0.3 is 5.97 Å². The Morgan fingerprint density at radius 3 is 2.55 bits per heavy atom. The topological polar surface area (TPSA) is 52.6 Å². The number of hydrogen-bond acceptors (Lipinski definition) is 5. The quantitative estimate of drug-likeness (QED) is 0.594. The van der Waals surface area contributed by atoms with E-state index in [1.165, 1.54) is 18.4 Å². The second-order valence-electron chi connectivity index (χ2n) is 5.43. The lowest BCUT2D eigenvalue weighted by molar-refractivity contribution is -0.142. The molecule has 1 aromatic heterocycles. The lowest BCUT2D eigenvalue weighted by Gasteiger charge is -2.01. The second kappa shape index (κ2) is 5.66. The van der Waals surface area contributed by atoms with Gasteiger partial charge in [0, 0.05) is 10.6 Å². The van der Waals surface area contributed by atoms with Gasteiger partial charge < -0.3 is 9.47 Å². The molecule has 0 spiro atoms. The molecule has 3 rings (SSSR count). The molecule has 1 aliphatic carbocycles. The summed E-state index contributed by atoms with van der Waals surface area (Å²) in [5.41, 5.74) is 0. The van der Waals surface area contributed by atoms with E-state index >= 15 is 0 Å². The molecule has 1 heterocycles. The van der Waals surface area contributed by atoms with Crippen LogP contribution in [-0.2, 0) is 9.53 Å². The van der Waals surface area contributed by atoms with E-state index in [9.17, 15) is 9.59 Å². The number of carbonyl (C=O) groups is 2. The van der Waals surface area contributed by atoms with Gasteiger partial charge in [0.1, 0.15) is 5.75 Å². The fraction of sp³-hybridized carbons (Fsp3) is 0.375. The number of hydrogen-bond donors (Lipinski definition) is 0. The minimum absolute atomic E-state index is 0.0270. The first kappa shape index (κ1) is 15.5. The summed E-state index contributed by atoms with van der Waals surface area (Å²) in [7, 11) is 2.97. The first-order valence-electron chi connectivity index (χ1n) is 6.87. The van der Waals surface area contributed by atoms with E-state index in [-0.39, 0.29) is 29.5 Å². The van der Waals surface area contributed by atoms with Crippen LogP contribution in [-0.4, -0.2) is 26.0 Å². The van der Waals surface area contributed by atoms with E-state index in [0.29, 0.717) is 4.88 Å². The Bertz CT molecular complexity index is 767. The van der Waals surface area contributed by atoms with Crippen LogP contribution in [0.1, 0.15) is 16.6 Å². The number of ether oxygens (including phenoxy) is 2. The third-order valence-corrected chi connectivity index (χ3v) is 5.92. The van der Waals surface area contributed by atoms with E-state index < -0.39 is 0 Å². The lowest BCUT2D eigenvalue weighted by Crippen LogP contribution is -2.09. The minimum atomic E-state index is -0.302. The van der Waals surface area contributed by atoms with Crippen molar-refractivity contribution >= 4 is 49.1 Å². The first-order valence-corrected chi connectivity index (χ1v) is 8.48. The van der Waals surface area contributed by atoms with Crippen LogP contribution in [0.4, 0.5) is 0 Å². The van der Waals surface area contributed by atoms with Gasteiger partial charge in [0.25, 0.3) is 0 Å². The van der Waals surface area contributed by atoms with Gasteiger partial charge in [-0.1, -0.05) is 6.92 Å². The maximum atomic E-state index is 12.6. The zero-order valence-electron chi connectivity index (χ0n) is 12.4. The van der Waals surface area contributed by atoms with Crippen molar-refractivity contribution in [2.45, 2.75) is 6.92 Å². The van der Waals surface area contributed by atoms with Gasteiger partial charge in [-0.25, -0.2) is 0 Å². The molecule has 6 heteroatoms. The first-order chi connectivity index (χ1) is 10.5. The maximum absolute atomic E-state index is 12.6. The summed E-state index contributed by atoms with van der Waals surface area (Å²) in [5, 5.41) is 0.990. The van der Waals surface area contributed by atoms with Crippen molar-refractivity contribution in [3.63, 3.8) is 0 Å². The van der Waals surface area contributed by atoms with Gasteiger partial charge in [0.15, 0.2) is 5.78 Å². The molecule has 2 aromatic rings. The summed E-state index contributed by atoms with van der Waals surface area (Å²) in [6.45, 7) is 1.91. The van der Waals surface area contributed by atoms with Gasteiger partial charge in [0.2, 0.25) is 0 Å². The van der Waals surface area contributed by atoms with Crippen LogP contribution in [0.2, 0.25) is 0 Å². The summed E-state index contributed by atoms with van der Waals surface area (Å²) in [5.74, 6) is -0.0441. The summed E-state index contributed by atoms with van der Waals surface area (Å²) in [4.78, 5) is 24.9. The Hall–Kier alpha value is -1.40. The molecule has 0 radical (unpaired) electrons. The number of halogens is 1. The normalized spacial score (nSPS) is 23.4. The zero-order chi connectivity index (χ0) is 16.0. The lowest BCUT2D eigenvalue weighted by atomic mass is 10.1. The number of esters is 1. The van der Waals surface area contributed by atoms with Crippen LogP contribution in [0, 0.1) is 17.8 Å². The van der Waals surface area contributed by atoms with E-state index in [4.69, 9.17) is 9.47 Å². The average Bonchev–Trinajstić information content (AvgIpc) is 3.00. The van der Waals surface area contributed by atoms with Crippen molar-refractivity contribution in [1.29, 1.82) is 0 Å². The molecule has 0 bridgehead atoms. The standard InChI is InChI=1S/C16H15BrO4S/c1-7-13(14(7)16(19)21-3)15(18)12-5-8-4-9(17)10(20-2)6-11(8)22-12/h4-7,13-14H,1-3H3/t7-,13?,14?/m0/s1. The van der Waals surface area contributed by atoms with Gasteiger partial charge in [-0.2, -0.15) is 0 Å². The number of Topliss-reactive ketones (excluding diaryl/α,β-unsaturated/α-hetero) is 1. The molecule has 4 nitrogen and oxygen atoms in total. The SMILES string of the molecule is COC(=O)C1C(C(=O)c2cc3cc(Br)c(OC)cc3s2)[C@@H]1C. The molecule has 0 N–H and O–H groups in total. The predicted octanol–water partition coefficient (Wildman–Crippen LogP) is 3.91. The summed E-state index contributed by atoms with van der Waals surface area (Å²) in [6, 6.07) is 5.73. The van der Waals surface area contributed by atoms with Crippen molar-refractivity contribution in [3.05, 3.63) is 27.5 Å². The Kier molecular flexibility index (Phi) is 3.99. The molecule has 1 aromatic carbocycles. The average molecular weight is 383 g/mol. The van der Waals surface area contributed by atoms with Crippen LogP contribution in [0.3, 0.4) is 0 Å². The molecular weight excluding hydrogens is 368 g/mol. The van der Waals surface area contributed by atoms with Crippen molar-refractivity contribution in [1.82, 2.24) is 0 Å². The number of rotatable bonds is 4. The van der Waals surface area contributed by atoms with Crippen molar-refractivity contribution in [2.75, 3.05) is 14.2 Å². The smallest absolute Gasteiger partial charge is 0.309 e. The number of ketones is 1. The summed E-state index contributed by atoms with van der Waals surface area (Å²) in [6.07, 6.45) is 0. The van der Waals surface area contributed by atoms with Crippen LogP contribution in [0.15, 0.2) is 22.7 Å². The molecule has 2 unspecified atom stereocenters. The van der Waals surface area contributed by atoms with Crippen LogP contribution >= 0.6 is 27.3 Å². The molecule has 0 saturated heterocycles. The Morgan fingerprint density at radius 1 is 1.18 bits per heavy atom. The summed E-state index contributed by atoms with van der Waals surface area (Å²) < 4.78 is 11.9. The molecule has 0 aliphatic heterocycles. The monoisotopic (exact) mass is 382 g/mol. The third-order valence-electron chi connectivity index (χ3n) is 4.19. The Morgan fingerprint density at radius 2 is 1.91 bits per heavy atom. The highest BCUT2D eigenvalue weighted by atomic mass is 79.9. The van der Waals surface area contributed by atoms with Gasteiger partial charge in [0.05, 0.1) is 29.5 Å². The van der Waals surface area contributed by atoms with Crippen LogP contribution < -0.4 is 4.74 Å². The molecule has 1 fully saturated rings. The van der Waals surface area contributed by atoms with Crippen molar-refractivity contribution in [2.24, 2.45) is 17.8 Å². The maximum Gasteiger partial charge on any atom is 0.309 e. The van der Waals surface area contributed by atoms with Gasteiger partial charge in [-0.05, 0) is 45.4 Å². The van der Waals surface area contributed by atoms with Gasteiger partial charge in [-0.3, -0.25) is 9.59 Å².